The average Bonchev–Trinajstić information content (AvgIpc) is 3.50. The predicted octanol–water partition coefficient (Wildman–Crippen LogP) is 5.97. The van der Waals surface area contributed by atoms with Crippen LogP contribution in [-0.2, 0) is 16.9 Å². The summed E-state index contributed by atoms with van der Waals surface area (Å²) in [6, 6.07) is 4.74. The molecule has 1 atom stereocenters. The molecule has 0 aliphatic heterocycles. The van der Waals surface area contributed by atoms with Gasteiger partial charge in [0.1, 0.15) is 16.3 Å². The lowest BCUT2D eigenvalue weighted by Crippen LogP contribution is -2.28. The molecule has 0 bridgehead atoms. The van der Waals surface area contributed by atoms with Crippen LogP contribution in [0.4, 0.5) is 10.1 Å². The Labute approximate surface area is 237 Å². The van der Waals surface area contributed by atoms with E-state index in [2.05, 4.69) is 14.8 Å². The number of nitrogens with zero attached hydrogens (tertiary/aromatic N) is 4. The molecule has 3 heterocycles. The van der Waals surface area contributed by atoms with Gasteiger partial charge in [-0.3, -0.25) is 9.08 Å². The Hall–Kier alpha value is -3.38. The summed E-state index contributed by atoms with van der Waals surface area (Å²) < 4.78 is 59.6. The van der Waals surface area contributed by atoms with E-state index < -0.39 is 31.1 Å². The van der Waals surface area contributed by atoms with Crippen molar-refractivity contribution in [3.05, 3.63) is 48.8 Å². The van der Waals surface area contributed by atoms with E-state index in [1.54, 1.807) is 54.4 Å². The van der Waals surface area contributed by atoms with Crippen LogP contribution in [0.25, 0.3) is 16.9 Å². The van der Waals surface area contributed by atoms with E-state index in [0.29, 0.717) is 29.2 Å². The Morgan fingerprint density at radius 3 is 2.48 bits per heavy atom. The number of benzene rings is 1. The topological polar surface area (TPSA) is 99.8 Å². The average molecular weight is 590 g/mol. The van der Waals surface area contributed by atoms with Gasteiger partial charge in [-0.2, -0.15) is 5.10 Å². The van der Waals surface area contributed by atoms with Gasteiger partial charge in [-0.15, -0.1) is 0 Å². The van der Waals surface area contributed by atoms with Crippen LogP contribution in [0.5, 0.6) is 11.5 Å². The highest BCUT2D eigenvalue weighted by molar-refractivity contribution is 8.16. The number of sulfone groups is 1. The molecule has 40 heavy (non-hydrogen) atoms. The number of imidazole rings is 1. The second kappa shape index (κ2) is 11.2. The van der Waals surface area contributed by atoms with Crippen LogP contribution in [0.1, 0.15) is 41.5 Å². The molecular weight excluding hydrogens is 553 g/mol. The lowest BCUT2D eigenvalue weighted by atomic mass is 10.1. The van der Waals surface area contributed by atoms with E-state index in [1.165, 1.54) is 19.4 Å². The van der Waals surface area contributed by atoms with Crippen LogP contribution in [0, 0.1) is 11.7 Å². The zero-order chi connectivity index (χ0) is 29.4. The molecule has 0 saturated heterocycles. The zero-order valence-electron chi connectivity index (χ0n) is 24.0. The number of rotatable bonds is 9. The fourth-order valence-electron chi connectivity index (χ4n) is 4.01. The van der Waals surface area contributed by atoms with Gasteiger partial charge in [-0.1, -0.05) is 24.5 Å². The molecule has 3 aromatic heterocycles. The largest absolute Gasteiger partial charge is 0.492 e. The fourth-order valence-corrected chi connectivity index (χ4v) is 6.62. The van der Waals surface area contributed by atoms with Crippen molar-refractivity contribution in [1.29, 1.82) is 0 Å². The Balaban J connectivity index is 1.88. The minimum absolute atomic E-state index is 0.0541. The van der Waals surface area contributed by atoms with Crippen molar-refractivity contribution in [2.24, 2.45) is 13.0 Å². The van der Waals surface area contributed by atoms with Crippen molar-refractivity contribution < 1.29 is 22.3 Å². The Morgan fingerprint density at radius 1 is 1.18 bits per heavy atom. The maximum atomic E-state index is 15.4. The van der Waals surface area contributed by atoms with Crippen molar-refractivity contribution >= 4 is 37.2 Å². The number of pyridine rings is 1. The first kappa shape index (κ1) is 29.6. The van der Waals surface area contributed by atoms with E-state index in [-0.39, 0.29) is 22.3 Å². The third-order valence-corrected chi connectivity index (χ3v) is 10.3. The molecule has 0 radical (unpaired) electrons. The number of aryl methyl sites for hydroxylation is 1. The van der Waals surface area contributed by atoms with Crippen LogP contribution in [-0.4, -0.2) is 51.4 Å². The minimum atomic E-state index is -3.79. The molecular formula is C28H36FN5O4S2. The van der Waals surface area contributed by atoms with Crippen molar-refractivity contribution in [1.82, 2.24) is 19.2 Å². The fraction of sp³-hybridized carbons (Fsp3) is 0.393. The molecule has 216 valence electrons. The summed E-state index contributed by atoms with van der Waals surface area (Å²) in [4.78, 5) is 5.48. The number of anilines is 1. The summed E-state index contributed by atoms with van der Waals surface area (Å²) in [6.45, 7) is 11.2. The molecule has 0 spiro atoms. The molecule has 1 aromatic carbocycles. The van der Waals surface area contributed by atoms with Crippen LogP contribution < -0.4 is 14.2 Å². The molecule has 4 aromatic rings. The van der Waals surface area contributed by atoms with Crippen molar-refractivity contribution in [3.63, 3.8) is 0 Å². The van der Waals surface area contributed by atoms with Gasteiger partial charge in [0.25, 0.3) is 0 Å². The second-order valence-corrected chi connectivity index (χ2v) is 15.3. The van der Waals surface area contributed by atoms with E-state index in [9.17, 15) is 8.42 Å². The Kier molecular flexibility index (Phi) is 8.32. The quantitative estimate of drug-likeness (QED) is 0.240. The van der Waals surface area contributed by atoms with Crippen molar-refractivity contribution in [2.75, 3.05) is 18.4 Å². The SMILES string of the molecule is CC=S(Nc1cc(-c2cnc3cc(OCC(C)C)c(S(=O)(=O)C(C)(C)C)cn23)cc(F)c1OC)c1cnn(C)c1. The van der Waals surface area contributed by atoms with E-state index in [0.717, 1.165) is 4.90 Å². The lowest BCUT2D eigenvalue weighted by molar-refractivity contribution is 0.264. The number of fused-ring (bicyclic) bond motifs is 1. The molecule has 1 N–H and O–H groups in total. The summed E-state index contributed by atoms with van der Waals surface area (Å²) in [5.41, 5.74) is 1.93. The molecule has 0 aliphatic rings. The van der Waals surface area contributed by atoms with Crippen LogP contribution in [0.2, 0.25) is 0 Å². The third-order valence-electron chi connectivity index (χ3n) is 6.18. The predicted molar refractivity (Wildman–Crippen MR) is 159 cm³/mol. The molecule has 1 unspecified atom stereocenters. The first-order valence-corrected chi connectivity index (χ1v) is 15.6. The van der Waals surface area contributed by atoms with Gasteiger partial charge in [0.15, 0.2) is 21.4 Å². The zero-order valence-corrected chi connectivity index (χ0v) is 25.7. The molecule has 12 heteroatoms. The van der Waals surface area contributed by atoms with Gasteiger partial charge in [0, 0.05) is 31.1 Å². The standard InChI is InChI=1S/C28H36FN5O4S2/c1-9-39(20-13-31-33(7)15-20)32-22-11-19(10-21(29)27(22)37-8)23-14-30-26-12-24(38-17-18(2)3)25(16-34(23)26)40(35,36)28(4,5)6/h9-16,18,32H,17H2,1-8H3. The van der Waals surface area contributed by atoms with Gasteiger partial charge < -0.3 is 14.2 Å². The summed E-state index contributed by atoms with van der Waals surface area (Å²) in [5, 5.41) is 6.21. The third kappa shape index (κ3) is 5.73. The summed E-state index contributed by atoms with van der Waals surface area (Å²) in [6.07, 6.45) is 6.75. The van der Waals surface area contributed by atoms with Crippen LogP contribution >= 0.6 is 10.7 Å². The van der Waals surface area contributed by atoms with Gasteiger partial charge in [-0.05, 0) is 51.1 Å². The maximum absolute atomic E-state index is 15.4. The molecule has 0 aliphatic carbocycles. The molecule has 0 saturated carbocycles. The van der Waals surface area contributed by atoms with Crippen LogP contribution in [0.15, 0.2) is 52.8 Å². The molecule has 0 amide bonds. The Bertz CT molecular complexity index is 1680. The van der Waals surface area contributed by atoms with Gasteiger partial charge in [0.2, 0.25) is 0 Å². The van der Waals surface area contributed by atoms with Gasteiger partial charge in [-0.25, -0.2) is 17.8 Å². The van der Waals surface area contributed by atoms with E-state index in [1.807, 2.05) is 39.4 Å². The first-order valence-electron chi connectivity index (χ1n) is 12.8. The van der Waals surface area contributed by atoms with Crippen molar-refractivity contribution in [2.45, 2.75) is 56.1 Å². The molecule has 9 nitrogen and oxygen atoms in total. The summed E-state index contributed by atoms with van der Waals surface area (Å²) in [5.74, 6) is -0.0547. The number of nitrogens with one attached hydrogen (secondary N) is 1. The highest BCUT2D eigenvalue weighted by Crippen LogP contribution is 2.39. The van der Waals surface area contributed by atoms with E-state index >= 15 is 4.39 Å². The Morgan fingerprint density at radius 2 is 1.90 bits per heavy atom. The smallest absolute Gasteiger partial charge is 0.188 e. The number of aromatic nitrogens is 4. The summed E-state index contributed by atoms with van der Waals surface area (Å²) in [7, 11) is -1.13. The number of methoxy groups -OCH3 is 1. The monoisotopic (exact) mass is 589 g/mol. The van der Waals surface area contributed by atoms with E-state index in [4.69, 9.17) is 9.47 Å². The second-order valence-electron chi connectivity index (χ2n) is 10.8. The molecule has 0 fully saturated rings. The normalized spacial score (nSPS) is 13.2. The number of ether oxygens (including phenoxy) is 2. The maximum Gasteiger partial charge on any atom is 0.188 e. The minimum Gasteiger partial charge on any atom is -0.492 e. The number of hydrogen-bond acceptors (Lipinski definition) is 7. The molecule has 4 rings (SSSR count). The summed E-state index contributed by atoms with van der Waals surface area (Å²) >= 11 is 0. The first-order chi connectivity index (χ1) is 18.8. The van der Waals surface area contributed by atoms with Crippen molar-refractivity contribution in [3.8, 4) is 22.8 Å². The number of hydrogen-bond donors (Lipinski definition) is 1. The highest BCUT2D eigenvalue weighted by atomic mass is 32.2. The van der Waals surface area contributed by atoms with Crippen LogP contribution in [0.3, 0.4) is 0 Å². The van der Waals surface area contributed by atoms with Gasteiger partial charge in [0.05, 0.1) is 47.1 Å². The lowest BCUT2D eigenvalue weighted by Gasteiger charge is -2.22. The number of halogens is 1. The van der Waals surface area contributed by atoms with Gasteiger partial charge >= 0.3 is 0 Å². The highest BCUT2D eigenvalue weighted by Gasteiger charge is 2.34.